The van der Waals surface area contributed by atoms with Gasteiger partial charge in [-0.2, -0.15) is 0 Å². The zero-order valence-electron chi connectivity index (χ0n) is 16.4. The molecule has 3 rings (SSSR count). The summed E-state index contributed by atoms with van der Waals surface area (Å²) >= 11 is 1.53. The van der Waals surface area contributed by atoms with E-state index in [4.69, 9.17) is 4.74 Å². The summed E-state index contributed by atoms with van der Waals surface area (Å²) in [7, 11) is 0. The van der Waals surface area contributed by atoms with Crippen LogP contribution in [0.2, 0.25) is 0 Å². The Balaban J connectivity index is 2.11. The van der Waals surface area contributed by atoms with Crippen LogP contribution in [-0.2, 0) is 9.53 Å². The second-order valence-electron chi connectivity index (χ2n) is 6.56. The number of carbonyl (C=O) groups is 1. The molecular weight excluding hydrogens is 374 g/mol. The smallest absolute Gasteiger partial charge is 0.336 e. The Morgan fingerprint density at radius 1 is 1.25 bits per heavy atom. The fourth-order valence-electron chi connectivity index (χ4n) is 3.27. The van der Waals surface area contributed by atoms with Gasteiger partial charge in [-0.3, -0.25) is 4.79 Å². The molecule has 0 aliphatic carbocycles. The van der Waals surface area contributed by atoms with Crippen molar-refractivity contribution in [3.05, 3.63) is 63.1 Å². The quantitative estimate of drug-likeness (QED) is 0.316. The first-order chi connectivity index (χ1) is 13.6. The number of ether oxygens (including phenoxy) is 1. The van der Waals surface area contributed by atoms with Gasteiger partial charge in [0.25, 0.3) is 5.56 Å². The van der Waals surface area contributed by atoms with Crippen molar-refractivity contribution < 1.29 is 9.53 Å². The average Bonchev–Trinajstić information content (AvgIpc) is 2.68. The highest BCUT2D eigenvalue weighted by molar-refractivity contribution is 7.99. The van der Waals surface area contributed by atoms with E-state index in [1.54, 1.807) is 6.92 Å². The predicted octanol–water partition coefficient (Wildman–Crippen LogP) is 4.06. The van der Waals surface area contributed by atoms with Crippen molar-refractivity contribution in [2.45, 2.75) is 44.7 Å². The van der Waals surface area contributed by atoms with Gasteiger partial charge in [0.05, 0.1) is 23.7 Å². The van der Waals surface area contributed by atoms with Gasteiger partial charge in [0.2, 0.25) is 0 Å². The molecule has 0 radical (unpaired) electrons. The lowest BCUT2D eigenvalue weighted by molar-refractivity contribution is -0.138. The molecule has 2 N–H and O–H groups in total. The molecule has 0 saturated carbocycles. The summed E-state index contributed by atoms with van der Waals surface area (Å²) in [6.07, 6.45) is 2.14. The van der Waals surface area contributed by atoms with Crippen LogP contribution in [0, 0.1) is 0 Å². The third-order valence-electron chi connectivity index (χ3n) is 4.59. The number of carbonyl (C=O) groups excluding carboxylic acids is 1. The van der Waals surface area contributed by atoms with E-state index in [1.807, 2.05) is 37.3 Å². The van der Waals surface area contributed by atoms with E-state index in [9.17, 15) is 9.59 Å². The standard InChI is InChI=1S/C21H25N3O3S/c1-4-6-12-28-21-23-18-17(19(25)24-21)16(14-10-8-7-9-11-14)15(13(3)22-18)20(26)27-5-2/h7-11,16H,4-6,12H2,1-3H3,(H2,22,23,24,25)/t16-/m1/s1. The molecule has 0 bridgehead atoms. The molecule has 0 unspecified atom stereocenters. The Morgan fingerprint density at radius 3 is 2.68 bits per heavy atom. The number of aromatic nitrogens is 2. The number of hydrogen-bond acceptors (Lipinski definition) is 6. The number of anilines is 1. The Hall–Kier alpha value is -2.54. The van der Waals surface area contributed by atoms with Crippen molar-refractivity contribution in [1.82, 2.24) is 9.97 Å². The van der Waals surface area contributed by atoms with Gasteiger partial charge >= 0.3 is 5.97 Å². The van der Waals surface area contributed by atoms with Crippen LogP contribution in [0.15, 0.2) is 51.6 Å². The summed E-state index contributed by atoms with van der Waals surface area (Å²) in [5, 5.41) is 3.74. The maximum Gasteiger partial charge on any atom is 0.336 e. The SMILES string of the molecule is CCCCSc1nc2c(c(=O)[nH]1)[C@H](c1ccccc1)C(C(=O)OCC)=C(C)N2. The first-order valence-corrected chi connectivity index (χ1v) is 10.5. The van der Waals surface area contributed by atoms with Crippen LogP contribution < -0.4 is 10.9 Å². The van der Waals surface area contributed by atoms with Crippen LogP contribution in [0.5, 0.6) is 0 Å². The van der Waals surface area contributed by atoms with Crippen molar-refractivity contribution in [2.24, 2.45) is 0 Å². The van der Waals surface area contributed by atoms with E-state index in [1.165, 1.54) is 11.8 Å². The molecule has 1 aliphatic rings. The number of H-pyrrole nitrogens is 1. The van der Waals surface area contributed by atoms with E-state index in [-0.39, 0.29) is 12.2 Å². The van der Waals surface area contributed by atoms with Crippen molar-refractivity contribution in [1.29, 1.82) is 0 Å². The van der Waals surface area contributed by atoms with Crippen LogP contribution >= 0.6 is 11.8 Å². The van der Waals surface area contributed by atoms with Gasteiger partial charge < -0.3 is 15.0 Å². The number of esters is 1. The minimum absolute atomic E-state index is 0.236. The molecule has 0 amide bonds. The Bertz CT molecular complexity index is 938. The molecule has 28 heavy (non-hydrogen) atoms. The van der Waals surface area contributed by atoms with Crippen molar-refractivity contribution in [3.8, 4) is 0 Å². The van der Waals surface area contributed by atoms with E-state index >= 15 is 0 Å². The van der Waals surface area contributed by atoms with E-state index < -0.39 is 11.9 Å². The number of aromatic amines is 1. The molecule has 0 fully saturated rings. The number of unbranched alkanes of at least 4 members (excludes halogenated alkanes) is 1. The summed E-state index contributed by atoms with van der Waals surface area (Å²) in [4.78, 5) is 33.2. The fourth-order valence-corrected chi connectivity index (χ4v) is 4.22. The molecule has 1 atom stereocenters. The van der Waals surface area contributed by atoms with Crippen LogP contribution in [0.25, 0.3) is 0 Å². The number of hydrogen-bond donors (Lipinski definition) is 2. The highest BCUT2D eigenvalue weighted by Gasteiger charge is 2.36. The fraction of sp³-hybridized carbons (Fsp3) is 0.381. The normalized spacial score (nSPS) is 15.8. The lowest BCUT2D eigenvalue weighted by Gasteiger charge is -2.28. The molecule has 7 heteroatoms. The van der Waals surface area contributed by atoms with Gasteiger partial charge in [-0.1, -0.05) is 55.4 Å². The second kappa shape index (κ2) is 9.10. The zero-order chi connectivity index (χ0) is 20.1. The number of fused-ring (bicyclic) bond motifs is 1. The zero-order valence-corrected chi connectivity index (χ0v) is 17.2. The molecule has 1 aromatic carbocycles. The number of thioether (sulfide) groups is 1. The topological polar surface area (TPSA) is 84.1 Å². The van der Waals surface area contributed by atoms with E-state index in [0.717, 1.165) is 24.2 Å². The van der Waals surface area contributed by atoms with Crippen molar-refractivity contribution in [3.63, 3.8) is 0 Å². The Labute approximate surface area is 168 Å². The molecule has 1 aromatic heterocycles. The van der Waals surface area contributed by atoms with Crippen LogP contribution in [0.4, 0.5) is 5.82 Å². The molecule has 6 nitrogen and oxygen atoms in total. The summed E-state index contributed by atoms with van der Waals surface area (Å²) in [6.45, 7) is 5.98. The van der Waals surface area contributed by atoms with Gasteiger partial charge in [0, 0.05) is 11.4 Å². The summed E-state index contributed by atoms with van der Waals surface area (Å²) in [6, 6.07) is 9.52. The number of benzene rings is 1. The highest BCUT2D eigenvalue weighted by atomic mass is 32.2. The van der Waals surface area contributed by atoms with Gasteiger partial charge in [-0.25, -0.2) is 9.78 Å². The minimum Gasteiger partial charge on any atom is -0.463 e. The predicted molar refractivity (Wildman–Crippen MR) is 112 cm³/mol. The summed E-state index contributed by atoms with van der Waals surface area (Å²) in [5.74, 6) is 0.445. The molecular formula is C21H25N3O3S. The Kier molecular flexibility index (Phi) is 6.57. The molecule has 148 valence electrons. The monoisotopic (exact) mass is 399 g/mol. The van der Waals surface area contributed by atoms with Crippen LogP contribution in [-0.4, -0.2) is 28.3 Å². The summed E-state index contributed by atoms with van der Waals surface area (Å²) in [5.41, 5.74) is 2.16. The van der Waals surface area contributed by atoms with Gasteiger partial charge in [-0.05, 0) is 25.8 Å². The van der Waals surface area contributed by atoms with Crippen molar-refractivity contribution in [2.75, 3.05) is 17.7 Å². The lowest BCUT2D eigenvalue weighted by atomic mass is 9.82. The average molecular weight is 400 g/mol. The third kappa shape index (κ3) is 4.14. The minimum atomic E-state index is -0.526. The third-order valence-corrected chi connectivity index (χ3v) is 5.55. The second-order valence-corrected chi connectivity index (χ2v) is 7.65. The lowest BCUT2D eigenvalue weighted by Crippen LogP contribution is -2.31. The van der Waals surface area contributed by atoms with Gasteiger partial charge in [0.15, 0.2) is 5.16 Å². The molecule has 0 saturated heterocycles. The number of allylic oxidation sites excluding steroid dienone is 1. The number of nitrogens with one attached hydrogen (secondary N) is 2. The molecule has 2 aromatic rings. The molecule has 1 aliphatic heterocycles. The van der Waals surface area contributed by atoms with Gasteiger partial charge in [0.1, 0.15) is 5.82 Å². The number of rotatable bonds is 7. The Morgan fingerprint density at radius 2 is 2.00 bits per heavy atom. The molecule has 0 spiro atoms. The highest BCUT2D eigenvalue weighted by Crippen LogP contribution is 2.39. The largest absolute Gasteiger partial charge is 0.463 e. The summed E-state index contributed by atoms with van der Waals surface area (Å²) < 4.78 is 5.27. The van der Waals surface area contributed by atoms with Crippen LogP contribution in [0.3, 0.4) is 0 Å². The van der Waals surface area contributed by atoms with Crippen molar-refractivity contribution >= 4 is 23.5 Å². The first kappa shape index (κ1) is 20.2. The first-order valence-electron chi connectivity index (χ1n) is 9.53. The maximum atomic E-state index is 13.0. The van der Waals surface area contributed by atoms with E-state index in [2.05, 4.69) is 22.2 Å². The van der Waals surface area contributed by atoms with E-state index in [0.29, 0.717) is 27.8 Å². The van der Waals surface area contributed by atoms with Gasteiger partial charge in [-0.15, -0.1) is 0 Å². The maximum absolute atomic E-state index is 13.0. The van der Waals surface area contributed by atoms with Crippen LogP contribution in [0.1, 0.15) is 50.7 Å². The number of nitrogens with zero attached hydrogens (tertiary/aromatic N) is 1. The molecule has 2 heterocycles.